The maximum atomic E-state index is 9.15. The minimum Gasteiger partial charge on any atom is -0.393 e. The Morgan fingerprint density at radius 3 is 3.19 bits per heavy atom. The van der Waals surface area contributed by atoms with Gasteiger partial charge in [-0.3, -0.25) is 0 Å². The second kappa shape index (κ2) is 5.38. The van der Waals surface area contributed by atoms with Gasteiger partial charge in [-0.15, -0.1) is 0 Å². The van der Waals surface area contributed by atoms with Crippen molar-refractivity contribution in [1.82, 2.24) is 15.5 Å². The summed E-state index contributed by atoms with van der Waals surface area (Å²) in [6.45, 7) is 3.86. The SMILES string of the molecule is CC(O)CCc1nc(C2COCCN2)no1. The van der Waals surface area contributed by atoms with Crippen LogP contribution in [0.2, 0.25) is 0 Å². The van der Waals surface area contributed by atoms with Gasteiger partial charge in [0.2, 0.25) is 5.89 Å². The van der Waals surface area contributed by atoms with Gasteiger partial charge in [0, 0.05) is 13.0 Å². The number of ether oxygens (including phenoxy) is 1. The first-order valence-electron chi connectivity index (χ1n) is 5.57. The van der Waals surface area contributed by atoms with Gasteiger partial charge in [0.05, 0.1) is 25.4 Å². The first-order chi connectivity index (χ1) is 7.75. The predicted molar refractivity (Wildman–Crippen MR) is 55.9 cm³/mol. The van der Waals surface area contributed by atoms with Crippen LogP contribution < -0.4 is 5.32 Å². The Morgan fingerprint density at radius 2 is 2.50 bits per heavy atom. The lowest BCUT2D eigenvalue weighted by molar-refractivity contribution is 0.0734. The lowest BCUT2D eigenvalue weighted by Crippen LogP contribution is -2.35. The zero-order valence-corrected chi connectivity index (χ0v) is 9.35. The van der Waals surface area contributed by atoms with E-state index in [1.807, 2.05) is 0 Å². The van der Waals surface area contributed by atoms with Crippen LogP contribution >= 0.6 is 0 Å². The van der Waals surface area contributed by atoms with Gasteiger partial charge >= 0.3 is 0 Å². The summed E-state index contributed by atoms with van der Waals surface area (Å²) in [6, 6.07) is 0.0257. The summed E-state index contributed by atoms with van der Waals surface area (Å²) < 4.78 is 10.4. The number of morpholine rings is 1. The van der Waals surface area contributed by atoms with E-state index < -0.39 is 0 Å². The largest absolute Gasteiger partial charge is 0.393 e. The summed E-state index contributed by atoms with van der Waals surface area (Å²) in [5.74, 6) is 1.21. The van der Waals surface area contributed by atoms with Crippen molar-refractivity contribution in [3.8, 4) is 0 Å². The van der Waals surface area contributed by atoms with Gasteiger partial charge in [0.15, 0.2) is 5.82 Å². The predicted octanol–water partition coefficient (Wildman–Crippen LogP) is 0.0439. The molecule has 0 aromatic carbocycles. The Morgan fingerprint density at radius 1 is 1.62 bits per heavy atom. The molecule has 1 aliphatic rings. The molecular formula is C10H17N3O3. The van der Waals surface area contributed by atoms with Crippen LogP contribution in [-0.4, -0.2) is 41.1 Å². The third-order valence-electron chi connectivity index (χ3n) is 2.49. The van der Waals surface area contributed by atoms with Gasteiger partial charge in [-0.05, 0) is 13.3 Å². The molecule has 1 aromatic heterocycles. The van der Waals surface area contributed by atoms with E-state index in [4.69, 9.17) is 14.4 Å². The van der Waals surface area contributed by atoms with Crippen LogP contribution in [0.1, 0.15) is 31.1 Å². The van der Waals surface area contributed by atoms with Gasteiger partial charge in [0.25, 0.3) is 0 Å². The molecule has 0 radical (unpaired) electrons. The van der Waals surface area contributed by atoms with Crippen molar-refractivity contribution in [2.75, 3.05) is 19.8 Å². The number of aliphatic hydroxyl groups excluding tert-OH is 1. The van der Waals surface area contributed by atoms with Crippen molar-refractivity contribution in [1.29, 1.82) is 0 Å². The first kappa shape index (κ1) is 11.5. The molecule has 2 N–H and O–H groups in total. The van der Waals surface area contributed by atoms with Crippen LogP contribution in [0.3, 0.4) is 0 Å². The third-order valence-corrected chi connectivity index (χ3v) is 2.49. The highest BCUT2D eigenvalue weighted by Gasteiger charge is 2.20. The van der Waals surface area contributed by atoms with Crippen LogP contribution in [-0.2, 0) is 11.2 Å². The van der Waals surface area contributed by atoms with Crippen molar-refractivity contribution in [3.05, 3.63) is 11.7 Å². The zero-order chi connectivity index (χ0) is 11.4. The van der Waals surface area contributed by atoms with Gasteiger partial charge in [0.1, 0.15) is 0 Å². The van der Waals surface area contributed by atoms with E-state index in [2.05, 4.69) is 15.5 Å². The quantitative estimate of drug-likeness (QED) is 0.756. The Labute approximate surface area is 94.0 Å². The lowest BCUT2D eigenvalue weighted by Gasteiger charge is -2.20. The molecule has 1 saturated heterocycles. The molecule has 0 spiro atoms. The molecule has 6 heteroatoms. The lowest BCUT2D eigenvalue weighted by atomic mass is 10.2. The molecule has 1 aromatic rings. The average Bonchev–Trinajstić information content (AvgIpc) is 2.76. The maximum Gasteiger partial charge on any atom is 0.226 e. The van der Waals surface area contributed by atoms with Gasteiger partial charge in [-0.1, -0.05) is 5.16 Å². The second-order valence-corrected chi connectivity index (χ2v) is 4.02. The Hall–Kier alpha value is -0.980. The fraction of sp³-hybridized carbons (Fsp3) is 0.800. The Balaban J connectivity index is 1.90. The molecule has 0 amide bonds. The Kier molecular flexibility index (Phi) is 3.87. The monoisotopic (exact) mass is 227 g/mol. The third kappa shape index (κ3) is 3.01. The molecule has 1 fully saturated rings. The van der Waals surface area contributed by atoms with E-state index in [1.54, 1.807) is 6.92 Å². The number of aromatic nitrogens is 2. The molecule has 16 heavy (non-hydrogen) atoms. The fourth-order valence-electron chi connectivity index (χ4n) is 1.57. The minimum atomic E-state index is -0.341. The van der Waals surface area contributed by atoms with E-state index in [-0.39, 0.29) is 12.1 Å². The molecule has 2 unspecified atom stereocenters. The van der Waals surface area contributed by atoms with Gasteiger partial charge in [-0.2, -0.15) is 4.98 Å². The van der Waals surface area contributed by atoms with E-state index in [1.165, 1.54) is 0 Å². The summed E-state index contributed by atoms with van der Waals surface area (Å²) in [4.78, 5) is 4.27. The average molecular weight is 227 g/mol. The van der Waals surface area contributed by atoms with Crippen LogP contribution in [0.4, 0.5) is 0 Å². The summed E-state index contributed by atoms with van der Waals surface area (Å²) in [5, 5.41) is 16.3. The highest BCUT2D eigenvalue weighted by atomic mass is 16.5. The van der Waals surface area contributed by atoms with Crippen molar-refractivity contribution < 1.29 is 14.4 Å². The van der Waals surface area contributed by atoms with E-state index in [9.17, 15) is 0 Å². The normalized spacial score (nSPS) is 23.2. The van der Waals surface area contributed by atoms with E-state index >= 15 is 0 Å². The van der Waals surface area contributed by atoms with Crippen LogP contribution in [0.15, 0.2) is 4.52 Å². The molecule has 0 bridgehead atoms. The summed E-state index contributed by atoms with van der Waals surface area (Å²) in [5.41, 5.74) is 0. The molecular weight excluding hydrogens is 210 g/mol. The number of nitrogens with zero attached hydrogens (tertiary/aromatic N) is 2. The highest BCUT2D eigenvalue weighted by Crippen LogP contribution is 2.13. The second-order valence-electron chi connectivity index (χ2n) is 4.02. The van der Waals surface area contributed by atoms with Crippen molar-refractivity contribution in [3.63, 3.8) is 0 Å². The summed E-state index contributed by atoms with van der Waals surface area (Å²) in [6.07, 6.45) is 0.903. The van der Waals surface area contributed by atoms with Crippen LogP contribution in [0, 0.1) is 0 Å². The topological polar surface area (TPSA) is 80.4 Å². The zero-order valence-electron chi connectivity index (χ0n) is 9.35. The maximum absolute atomic E-state index is 9.15. The van der Waals surface area contributed by atoms with Crippen LogP contribution in [0.5, 0.6) is 0 Å². The van der Waals surface area contributed by atoms with E-state index in [0.717, 1.165) is 13.2 Å². The molecule has 2 atom stereocenters. The number of rotatable bonds is 4. The number of aliphatic hydroxyl groups is 1. The summed E-state index contributed by atoms with van der Waals surface area (Å²) in [7, 11) is 0. The Bertz CT molecular complexity index is 321. The first-order valence-corrected chi connectivity index (χ1v) is 5.57. The number of aryl methyl sites for hydroxylation is 1. The smallest absolute Gasteiger partial charge is 0.226 e. The van der Waals surface area contributed by atoms with Crippen molar-refractivity contribution >= 4 is 0 Å². The van der Waals surface area contributed by atoms with Gasteiger partial charge < -0.3 is 19.7 Å². The van der Waals surface area contributed by atoms with E-state index in [0.29, 0.717) is 31.2 Å². The number of nitrogens with one attached hydrogen (secondary N) is 1. The standard InChI is InChI=1S/C10H17N3O3/c1-7(14)2-3-9-12-10(13-16-9)8-6-15-5-4-11-8/h7-8,11,14H,2-6H2,1H3. The fourth-order valence-corrected chi connectivity index (χ4v) is 1.57. The number of hydrogen-bond donors (Lipinski definition) is 2. The molecule has 2 heterocycles. The molecule has 1 aliphatic heterocycles. The van der Waals surface area contributed by atoms with Gasteiger partial charge in [-0.25, -0.2) is 0 Å². The molecule has 0 saturated carbocycles. The van der Waals surface area contributed by atoms with Crippen molar-refractivity contribution in [2.45, 2.75) is 31.9 Å². The van der Waals surface area contributed by atoms with Crippen molar-refractivity contribution in [2.24, 2.45) is 0 Å². The van der Waals surface area contributed by atoms with Crippen LogP contribution in [0.25, 0.3) is 0 Å². The minimum absolute atomic E-state index is 0.0257. The molecule has 2 rings (SSSR count). The summed E-state index contributed by atoms with van der Waals surface area (Å²) >= 11 is 0. The number of hydrogen-bond acceptors (Lipinski definition) is 6. The molecule has 90 valence electrons. The molecule has 6 nitrogen and oxygen atoms in total. The highest BCUT2D eigenvalue weighted by molar-refractivity contribution is 4.95. The molecule has 0 aliphatic carbocycles.